The summed E-state index contributed by atoms with van der Waals surface area (Å²) in [5.41, 5.74) is 2.12. The van der Waals surface area contributed by atoms with Gasteiger partial charge in [0.15, 0.2) is 17.4 Å². The molecule has 5 nitrogen and oxygen atoms in total. The van der Waals surface area contributed by atoms with E-state index in [-0.39, 0.29) is 17.9 Å². The molecule has 0 saturated carbocycles. The molecule has 1 aromatic heterocycles. The van der Waals surface area contributed by atoms with E-state index >= 15 is 0 Å². The summed E-state index contributed by atoms with van der Waals surface area (Å²) in [6.07, 6.45) is 1.17. The van der Waals surface area contributed by atoms with Crippen LogP contribution in [0.4, 0.5) is 8.78 Å². The van der Waals surface area contributed by atoms with Crippen LogP contribution in [-0.4, -0.2) is 5.91 Å². The first-order valence-electron chi connectivity index (χ1n) is 5.27. The molecule has 0 atom stereocenters. The number of rotatable bonds is 4. The standard InChI is InChI=1S/C12H10F2N2O3/c13-9-2-1-3-10(14)11(9)19-6-8-4-7(5-18-8)12(17)16-15/h1-5H,6,15H2,(H,16,17). The third-order valence-electron chi connectivity index (χ3n) is 2.32. The van der Waals surface area contributed by atoms with Gasteiger partial charge in [-0.25, -0.2) is 14.6 Å². The van der Waals surface area contributed by atoms with Crippen molar-refractivity contribution in [3.05, 3.63) is 53.5 Å². The third kappa shape index (κ3) is 2.89. The predicted molar refractivity (Wildman–Crippen MR) is 61.1 cm³/mol. The number of nitrogens with one attached hydrogen (secondary N) is 1. The number of benzene rings is 1. The lowest BCUT2D eigenvalue weighted by atomic mass is 10.3. The third-order valence-corrected chi connectivity index (χ3v) is 2.32. The monoisotopic (exact) mass is 268 g/mol. The fourth-order valence-corrected chi connectivity index (χ4v) is 1.42. The van der Waals surface area contributed by atoms with Crippen molar-refractivity contribution in [3.8, 4) is 5.75 Å². The van der Waals surface area contributed by atoms with Crippen LogP contribution >= 0.6 is 0 Å². The van der Waals surface area contributed by atoms with Crippen LogP contribution in [0.2, 0.25) is 0 Å². The smallest absolute Gasteiger partial charge is 0.268 e. The number of nitrogens with two attached hydrogens (primary N) is 1. The van der Waals surface area contributed by atoms with E-state index < -0.39 is 23.3 Å². The van der Waals surface area contributed by atoms with Gasteiger partial charge in [-0.15, -0.1) is 0 Å². The van der Waals surface area contributed by atoms with Gasteiger partial charge in [-0.1, -0.05) is 6.07 Å². The van der Waals surface area contributed by atoms with Crippen LogP contribution in [0.5, 0.6) is 5.75 Å². The Bertz CT molecular complexity index is 578. The normalized spacial score (nSPS) is 10.3. The van der Waals surface area contributed by atoms with E-state index in [1.54, 1.807) is 0 Å². The molecular weight excluding hydrogens is 258 g/mol. The first kappa shape index (κ1) is 13.0. The van der Waals surface area contributed by atoms with Crippen LogP contribution in [0, 0.1) is 11.6 Å². The highest BCUT2D eigenvalue weighted by Gasteiger charge is 2.12. The lowest BCUT2D eigenvalue weighted by molar-refractivity contribution is 0.0953. The lowest BCUT2D eigenvalue weighted by Gasteiger charge is -2.05. The number of para-hydroxylation sites is 1. The molecule has 0 unspecified atom stereocenters. The Kier molecular flexibility index (Phi) is 3.76. The van der Waals surface area contributed by atoms with Crippen molar-refractivity contribution in [2.45, 2.75) is 6.61 Å². The molecule has 2 aromatic rings. The number of furan rings is 1. The Hall–Kier alpha value is -2.41. The summed E-state index contributed by atoms with van der Waals surface area (Å²) in [7, 11) is 0. The van der Waals surface area contributed by atoms with E-state index in [9.17, 15) is 13.6 Å². The average Bonchev–Trinajstić information content (AvgIpc) is 2.86. The molecule has 19 heavy (non-hydrogen) atoms. The first-order valence-corrected chi connectivity index (χ1v) is 5.27. The van der Waals surface area contributed by atoms with E-state index in [1.165, 1.54) is 18.4 Å². The SMILES string of the molecule is NNC(=O)c1coc(COc2c(F)cccc2F)c1. The highest BCUT2D eigenvalue weighted by Crippen LogP contribution is 2.22. The second-order valence-electron chi connectivity index (χ2n) is 3.61. The molecule has 0 spiro atoms. The number of hydrogen-bond acceptors (Lipinski definition) is 4. The fraction of sp³-hybridized carbons (Fsp3) is 0.0833. The van der Waals surface area contributed by atoms with E-state index in [4.69, 9.17) is 15.0 Å². The van der Waals surface area contributed by atoms with E-state index in [0.717, 1.165) is 12.1 Å². The van der Waals surface area contributed by atoms with Crippen LogP contribution in [0.1, 0.15) is 16.1 Å². The molecule has 0 bridgehead atoms. The van der Waals surface area contributed by atoms with Crippen LogP contribution in [0.15, 0.2) is 34.9 Å². The molecule has 0 aliphatic rings. The highest BCUT2D eigenvalue weighted by atomic mass is 19.1. The van der Waals surface area contributed by atoms with Crippen LogP contribution in [-0.2, 0) is 6.61 Å². The molecule has 1 aromatic carbocycles. The zero-order valence-corrected chi connectivity index (χ0v) is 9.65. The van der Waals surface area contributed by atoms with Gasteiger partial charge in [0, 0.05) is 0 Å². The average molecular weight is 268 g/mol. The molecule has 3 N–H and O–H groups in total. The second kappa shape index (κ2) is 5.49. The fourth-order valence-electron chi connectivity index (χ4n) is 1.42. The number of hydrogen-bond donors (Lipinski definition) is 2. The molecule has 0 radical (unpaired) electrons. The van der Waals surface area contributed by atoms with Crippen LogP contribution in [0.3, 0.4) is 0 Å². The maximum Gasteiger partial charge on any atom is 0.268 e. The molecule has 0 fully saturated rings. The van der Waals surface area contributed by atoms with Gasteiger partial charge in [0.25, 0.3) is 5.91 Å². The van der Waals surface area contributed by atoms with Crippen molar-refractivity contribution in [1.82, 2.24) is 5.43 Å². The Labute approximate surface area is 106 Å². The largest absolute Gasteiger partial charge is 0.480 e. The number of nitrogen functional groups attached to an aromatic ring is 1. The van der Waals surface area contributed by atoms with Gasteiger partial charge in [-0.2, -0.15) is 0 Å². The topological polar surface area (TPSA) is 77.5 Å². The summed E-state index contributed by atoms with van der Waals surface area (Å²) < 4.78 is 36.5. The summed E-state index contributed by atoms with van der Waals surface area (Å²) in [4.78, 5) is 11.2. The summed E-state index contributed by atoms with van der Waals surface area (Å²) in [5.74, 6) is 2.53. The van der Waals surface area contributed by atoms with Crippen molar-refractivity contribution in [2.75, 3.05) is 0 Å². The molecule has 7 heteroatoms. The molecule has 0 aliphatic carbocycles. The molecular formula is C12H10F2N2O3. The number of ether oxygens (including phenoxy) is 1. The molecule has 1 heterocycles. The van der Waals surface area contributed by atoms with Crippen molar-refractivity contribution in [2.24, 2.45) is 5.84 Å². The van der Waals surface area contributed by atoms with Gasteiger partial charge in [-0.05, 0) is 18.2 Å². The summed E-state index contributed by atoms with van der Waals surface area (Å²) >= 11 is 0. The Morgan fingerprint density at radius 2 is 2.05 bits per heavy atom. The molecule has 0 aliphatic heterocycles. The van der Waals surface area contributed by atoms with Crippen molar-refractivity contribution >= 4 is 5.91 Å². The van der Waals surface area contributed by atoms with E-state index in [0.29, 0.717) is 0 Å². The number of carbonyl (C=O) groups excluding carboxylic acids is 1. The van der Waals surface area contributed by atoms with Gasteiger partial charge in [-0.3, -0.25) is 10.2 Å². The summed E-state index contributed by atoms with van der Waals surface area (Å²) in [6, 6.07) is 4.75. The maximum absolute atomic E-state index is 13.3. The Morgan fingerprint density at radius 3 is 2.68 bits per heavy atom. The van der Waals surface area contributed by atoms with Gasteiger partial charge in [0.2, 0.25) is 0 Å². The van der Waals surface area contributed by atoms with Crippen molar-refractivity contribution in [3.63, 3.8) is 0 Å². The zero-order chi connectivity index (χ0) is 13.8. The van der Waals surface area contributed by atoms with Gasteiger partial charge in [0.1, 0.15) is 18.6 Å². The van der Waals surface area contributed by atoms with E-state index in [2.05, 4.69) is 0 Å². The minimum atomic E-state index is -0.813. The van der Waals surface area contributed by atoms with Crippen LogP contribution in [0.25, 0.3) is 0 Å². The Balaban J connectivity index is 2.07. The minimum absolute atomic E-state index is 0.190. The highest BCUT2D eigenvalue weighted by molar-refractivity contribution is 5.93. The Morgan fingerprint density at radius 1 is 1.37 bits per heavy atom. The minimum Gasteiger partial charge on any atom is -0.480 e. The van der Waals surface area contributed by atoms with Crippen molar-refractivity contribution in [1.29, 1.82) is 0 Å². The van der Waals surface area contributed by atoms with Crippen molar-refractivity contribution < 1.29 is 22.7 Å². The van der Waals surface area contributed by atoms with Gasteiger partial charge < -0.3 is 9.15 Å². The lowest BCUT2D eigenvalue weighted by Crippen LogP contribution is -2.29. The van der Waals surface area contributed by atoms with Gasteiger partial charge >= 0.3 is 0 Å². The molecule has 0 saturated heterocycles. The number of halogens is 2. The number of hydrazine groups is 1. The maximum atomic E-state index is 13.3. The quantitative estimate of drug-likeness (QED) is 0.503. The predicted octanol–water partition coefficient (Wildman–Crippen LogP) is 1.74. The zero-order valence-electron chi connectivity index (χ0n) is 9.65. The summed E-state index contributed by atoms with van der Waals surface area (Å²) in [5, 5.41) is 0. The second-order valence-corrected chi connectivity index (χ2v) is 3.61. The summed E-state index contributed by atoms with van der Waals surface area (Å²) in [6.45, 7) is -0.213. The molecule has 2 rings (SSSR count). The molecule has 1 amide bonds. The number of carbonyl (C=O) groups is 1. The first-order chi connectivity index (χ1) is 9.11. The van der Waals surface area contributed by atoms with E-state index in [1.807, 2.05) is 5.43 Å². The number of amides is 1. The van der Waals surface area contributed by atoms with Crippen LogP contribution < -0.4 is 16.0 Å². The molecule has 100 valence electrons. The van der Waals surface area contributed by atoms with Gasteiger partial charge in [0.05, 0.1) is 5.56 Å².